The molecule has 0 spiro atoms. The maximum Gasteiger partial charge on any atom is 0.341 e. The number of rotatable bonds is 6. The Morgan fingerprint density at radius 1 is 1.26 bits per heavy atom. The van der Waals surface area contributed by atoms with Crippen molar-refractivity contribution >= 4 is 17.6 Å². The molecule has 2 rings (SSSR count). The molecular weight excluding hydrogens is 303 g/mol. The van der Waals surface area contributed by atoms with Crippen LogP contribution in [0.15, 0.2) is 41.0 Å². The molecule has 0 bridgehead atoms. The first-order valence-electron chi connectivity index (χ1n) is 6.88. The molecule has 0 saturated carbocycles. The van der Waals surface area contributed by atoms with Gasteiger partial charge < -0.3 is 14.5 Å². The first-order chi connectivity index (χ1) is 11.0. The first kappa shape index (κ1) is 16.7. The standard InChI is InChI=1S/C16H17FN2O4/c1-19(9-14-13(7-8-23-14)16(21)22-2)10-15(20)18-12-5-3-11(17)4-6-12/h3-8H,9-10H2,1-2H3,(H,18,20). The molecule has 1 aromatic heterocycles. The van der Waals surface area contributed by atoms with Crippen LogP contribution in [0.4, 0.5) is 10.1 Å². The summed E-state index contributed by atoms with van der Waals surface area (Å²) in [5.41, 5.74) is 0.844. The van der Waals surface area contributed by atoms with E-state index in [-0.39, 0.29) is 24.8 Å². The Morgan fingerprint density at radius 3 is 2.61 bits per heavy atom. The van der Waals surface area contributed by atoms with Crippen LogP contribution in [0, 0.1) is 5.82 Å². The molecule has 0 fully saturated rings. The Bertz CT molecular complexity index is 682. The second kappa shape index (κ2) is 7.55. The largest absolute Gasteiger partial charge is 0.467 e. The van der Waals surface area contributed by atoms with Crippen LogP contribution in [0.2, 0.25) is 0 Å². The van der Waals surface area contributed by atoms with Gasteiger partial charge in [-0.1, -0.05) is 0 Å². The quantitative estimate of drug-likeness (QED) is 0.827. The van der Waals surface area contributed by atoms with Crippen molar-refractivity contribution in [2.75, 3.05) is 26.0 Å². The lowest BCUT2D eigenvalue weighted by atomic mass is 10.2. The first-order valence-corrected chi connectivity index (χ1v) is 6.88. The Labute approximate surface area is 132 Å². The smallest absolute Gasteiger partial charge is 0.341 e. The van der Waals surface area contributed by atoms with E-state index in [4.69, 9.17) is 4.42 Å². The monoisotopic (exact) mass is 320 g/mol. The molecule has 0 saturated heterocycles. The van der Waals surface area contributed by atoms with Gasteiger partial charge in [-0.15, -0.1) is 0 Å². The van der Waals surface area contributed by atoms with Gasteiger partial charge in [0.15, 0.2) is 0 Å². The zero-order valence-electron chi connectivity index (χ0n) is 12.8. The van der Waals surface area contributed by atoms with Crippen molar-refractivity contribution in [3.8, 4) is 0 Å². The summed E-state index contributed by atoms with van der Waals surface area (Å²) in [5, 5.41) is 2.66. The van der Waals surface area contributed by atoms with Gasteiger partial charge >= 0.3 is 5.97 Å². The molecule has 0 unspecified atom stereocenters. The number of benzene rings is 1. The Kier molecular flexibility index (Phi) is 5.48. The molecule has 1 heterocycles. The molecule has 0 aliphatic heterocycles. The predicted octanol–water partition coefficient (Wildman–Crippen LogP) is 2.28. The van der Waals surface area contributed by atoms with Crippen LogP contribution < -0.4 is 5.32 Å². The molecule has 1 aromatic carbocycles. The normalized spacial score (nSPS) is 10.6. The summed E-state index contributed by atoms with van der Waals surface area (Å²) in [7, 11) is 3.01. The van der Waals surface area contributed by atoms with Crippen molar-refractivity contribution in [1.29, 1.82) is 0 Å². The third kappa shape index (κ3) is 4.65. The lowest BCUT2D eigenvalue weighted by Crippen LogP contribution is -2.30. The number of likely N-dealkylation sites (N-methyl/N-ethyl adjacent to an activating group) is 1. The molecular formula is C16H17FN2O4. The second-order valence-electron chi connectivity index (χ2n) is 4.98. The number of nitrogens with zero attached hydrogens (tertiary/aromatic N) is 1. The van der Waals surface area contributed by atoms with Crippen LogP contribution in [0.25, 0.3) is 0 Å². The summed E-state index contributed by atoms with van der Waals surface area (Å²) in [6, 6.07) is 7.02. The molecule has 7 heteroatoms. The number of ether oxygens (including phenoxy) is 1. The minimum Gasteiger partial charge on any atom is -0.467 e. The summed E-state index contributed by atoms with van der Waals surface area (Å²) >= 11 is 0. The topological polar surface area (TPSA) is 71.8 Å². The number of nitrogens with one attached hydrogen (secondary N) is 1. The SMILES string of the molecule is COC(=O)c1ccoc1CN(C)CC(=O)Nc1ccc(F)cc1. The van der Waals surface area contributed by atoms with Gasteiger partial charge in [0.2, 0.25) is 5.91 Å². The Balaban J connectivity index is 1.90. The number of hydrogen-bond donors (Lipinski definition) is 1. The van der Waals surface area contributed by atoms with Crippen molar-refractivity contribution in [2.24, 2.45) is 0 Å². The Morgan fingerprint density at radius 2 is 1.96 bits per heavy atom. The number of anilines is 1. The van der Waals surface area contributed by atoms with Crippen LogP contribution >= 0.6 is 0 Å². The van der Waals surface area contributed by atoms with E-state index in [0.717, 1.165) is 0 Å². The number of amides is 1. The molecule has 0 aliphatic rings. The molecule has 122 valence electrons. The van der Waals surface area contributed by atoms with E-state index in [0.29, 0.717) is 17.0 Å². The molecule has 0 aliphatic carbocycles. The van der Waals surface area contributed by atoms with E-state index < -0.39 is 5.97 Å². The zero-order valence-corrected chi connectivity index (χ0v) is 12.8. The minimum atomic E-state index is -0.488. The summed E-state index contributed by atoms with van der Waals surface area (Å²) in [5.74, 6) is -0.689. The van der Waals surface area contributed by atoms with Crippen molar-refractivity contribution in [3.05, 3.63) is 53.7 Å². The Hall–Kier alpha value is -2.67. The van der Waals surface area contributed by atoms with E-state index in [1.54, 1.807) is 11.9 Å². The van der Waals surface area contributed by atoms with Gasteiger partial charge in [-0.25, -0.2) is 9.18 Å². The molecule has 1 amide bonds. The summed E-state index contributed by atoms with van der Waals surface area (Å²) in [6.45, 7) is 0.354. The number of halogens is 1. The van der Waals surface area contributed by atoms with E-state index in [9.17, 15) is 14.0 Å². The second-order valence-corrected chi connectivity index (χ2v) is 4.98. The number of carbonyl (C=O) groups excluding carboxylic acids is 2. The fourth-order valence-corrected chi connectivity index (χ4v) is 2.03. The van der Waals surface area contributed by atoms with Gasteiger partial charge in [0.1, 0.15) is 17.1 Å². The summed E-state index contributed by atoms with van der Waals surface area (Å²) in [6.07, 6.45) is 1.40. The van der Waals surface area contributed by atoms with Gasteiger partial charge in [-0.3, -0.25) is 9.69 Å². The van der Waals surface area contributed by atoms with Crippen molar-refractivity contribution < 1.29 is 23.1 Å². The van der Waals surface area contributed by atoms with Gasteiger partial charge in [-0.05, 0) is 37.4 Å². The van der Waals surface area contributed by atoms with E-state index in [1.807, 2.05) is 0 Å². The van der Waals surface area contributed by atoms with Gasteiger partial charge in [0, 0.05) is 5.69 Å². The van der Waals surface area contributed by atoms with Gasteiger partial charge in [-0.2, -0.15) is 0 Å². The van der Waals surface area contributed by atoms with Crippen LogP contribution in [-0.2, 0) is 16.1 Å². The van der Waals surface area contributed by atoms with Crippen molar-refractivity contribution in [3.63, 3.8) is 0 Å². The van der Waals surface area contributed by atoms with E-state index in [1.165, 1.54) is 43.7 Å². The lowest BCUT2D eigenvalue weighted by Gasteiger charge is -2.15. The molecule has 1 N–H and O–H groups in total. The molecule has 0 atom stereocenters. The highest BCUT2D eigenvalue weighted by atomic mass is 19.1. The van der Waals surface area contributed by atoms with E-state index >= 15 is 0 Å². The molecule has 6 nitrogen and oxygen atoms in total. The van der Waals surface area contributed by atoms with Crippen LogP contribution in [-0.4, -0.2) is 37.5 Å². The fourth-order valence-electron chi connectivity index (χ4n) is 2.03. The van der Waals surface area contributed by atoms with Gasteiger partial charge in [0.05, 0.1) is 26.5 Å². The minimum absolute atomic E-state index is 0.0820. The van der Waals surface area contributed by atoms with Gasteiger partial charge in [0.25, 0.3) is 0 Å². The zero-order chi connectivity index (χ0) is 16.8. The molecule has 23 heavy (non-hydrogen) atoms. The third-order valence-corrected chi connectivity index (χ3v) is 3.11. The number of methoxy groups -OCH3 is 1. The number of esters is 1. The third-order valence-electron chi connectivity index (χ3n) is 3.11. The van der Waals surface area contributed by atoms with Crippen molar-refractivity contribution in [2.45, 2.75) is 6.54 Å². The average molecular weight is 320 g/mol. The average Bonchev–Trinajstić information content (AvgIpc) is 2.96. The van der Waals surface area contributed by atoms with E-state index in [2.05, 4.69) is 10.1 Å². The highest BCUT2D eigenvalue weighted by Gasteiger charge is 2.17. The predicted molar refractivity (Wildman–Crippen MR) is 81.4 cm³/mol. The molecule has 0 radical (unpaired) electrons. The highest BCUT2D eigenvalue weighted by Crippen LogP contribution is 2.14. The van der Waals surface area contributed by atoms with Crippen LogP contribution in [0.5, 0.6) is 0 Å². The number of furan rings is 1. The number of carbonyl (C=O) groups is 2. The van der Waals surface area contributed by atoms with Crippen LogP contribution in [0.3, 0.4) is 0 Å². The number of hydrogen-bond acceptors (Lipinski definition) is 5. The van der Waals surface area contributed by atoms with Crippen LogP contribution in [0.1, 0.15) is 16.1 Å². The summed E-state index contributed by atoms with van der Waals surface area (Å²) < 4.78 is 22.7. The maximum atomic E-state index is 12.8. The highest BCUT2D eigenvalue weighted by molar-refractivity contribution is 5.92. The van der Waals surface area contributed by atoms with Crippen molar-refractivity contribution in [1.82, 2.24) is 4.90 Å². The lowest BCUT2D eigenvalue weighted by molar-refractivity contribution is -0.117. The summed E-state index contributed by atoms with van der Waals surface area (Å²) in [4.78, 5) is 25.2. The fraction of sp³-hybridized carbons (Fsp3) is 0.250. The molecule has 2 aromatic rings. The maximum absolute atomic E-state index is 12.8.